The van der Waals surface area contributed by atoms with Crippen molar-refractivity contribution in [3.05, 3.63) is 75.8 Å². The Kier molecular flexibility index (Phi) is 3.23. The van der Waals surface area contributed by atoms with E-state index in [1.54, 1.807) is 0 Å². The third-order valence-corrected chi connectivity index (χ3v) is 4.89. The largest absolute Gasteiger partial charge is 0.322 e. The summed E-state index contributed by atoms with van der Waals surface area (Å²) in [6, 6.07) is 17.7. The van der Waals surface area contributed by atoms with Gasteiger partial charge in [-0.2, -0.15) is 0 Å². The third kappa shape index (κ3) is 2.13. The molecule has 0 saturated carbocycles. The van der Waals surface area contributed by atoms with Crippen LogP contribution in [0.1, 0.15) is 21.5 Å². The van der Waals surface area contributed by atoms with Gasteiger partial charge in [-0.3, -0.25) is 4.79 Å². The summed E-state index contributed by atoms with van der Waals surface area (Å²) in [6.07, 6.45) is 2.02. The maximum Gasteiger partial charge on any atom is 0.255 e. The van der Waals surface area contributed by atoms with Crippen molar-refractivity contribution in [2.24, 2.45) is 0 Å². The van der Waals surface area contributed by atoms with Gasteiger partial charge in [0, 0.05) is 15.7 Å². The van der Waals surface area contributed by atoms with E-state index in [1.807, 2.05) is 36.4 Å². The molecule has 0 atom stereocenters. The Bertz CT molecular complexity index is 887. The summed E-state index contributed by atoms with van der Waals surface area (Å²) < 4.78 is 1.03. The van der Waals surface area contributed by atoms with E-state index in [0.29, 0.717) is 5.56 Å². The molecule has 3 heteroatoms. The van der Waals surface area contributed by atoms with Gasteiger partial charge in [-0.15, -0.1) is 0 Å². The highest BCUT2D eigenvalue weighted by Crippen LogP contribution is 2.39. The number of carbonyl (C=O) groups is 1. The van der Waals surface area contributed by atoms with E-state index in [1.165, 1.54) is 21.9 Å². The first-order chi connectivity index (χ1) is 10.7. The van der Waals surface area contributed by atoms with Crippen molar-refractivity contribution < 1.29 is 4.79 Å². The standard InChI is InChI=1S/C19H14BrNO/c20-16-11-17(21-19(22)13-5-2-1-3-6-13)15-10-9-12-7-4-8-14(16)18(12)15/h1-8,11H,9-10H2,(H,21,22). The number of nitrogens with one attached hydrogen (secondary N) is 1. The van der Waals surface area contributed by atoms with Gasteiger partial charge in [0.25, 0.3) is 5.91 Å². The molecule has 0 radical (unpaired) electrons. The van der Waals surface area contributed by atoms with Gasteiger partial charge in [0.15, 0.2) is 0 Å². The topological polar surface area (TPSA) is 29.1 Å². The summed E-state index contributed by atoms with van der Waals surface area (Å²) in [5, 5.41) is 5.59. The van der Waals surface area contributed by atoms with Gasteiger partial charge in [0.05, 0.1) is 0 Å². The van der Waals surface area contributed by atoms with Gasteiger partial charge in [-0.05, 0) is 52.9 Å². The fraction of sp³-hybridized carbons (Fsp3) is 0.105. The van der Waals surface area contributed by atoms with Crippen LogP contribution < -0.4 is 5.32 Å². The Morgan fingerprint density at radius 3 is 2.64 bits per heavy atom. The number of aryl methyl sites for hydroxylation is 2. The second-order valence-corrected chi connectivity index (χ2v) is 6.40. The molecule has 22 heavy (non-hydrogen) atoms. The first-order valence-electron chi connectivity index (χ1n) is 7.33. The zero-order valence-corrected chi connectivity index (χ0v) is 13.5. The summed E-state index contributed by atoms with van der Waals surface area (Å²) in [4.78, 5) is 12.4. The minimum Gasteiger partial charge on any atom is -0.322 e. The minimum absolute atomic E-state index is 0.0625. The summed E-state index contributed by atoms with van der Waals surface area (Å²) in [6.45, 7) is 0. The van der Waals surface area contributed by atoms with E-state index in [0.717, 1.165) is 23.0 Å². The quantitative estimate of drug-likeness (QED) is 0.694. The first kappa shape index (κ1) is 13.5. The smallest absolute Gasteiger partial charge is 0.255 e. The highest BCUT2D eigenvalue weighted by atomic mass is 79.9. The summed E-state index contributed by atoms with van der Waals surface area (Å²) in [7, 11) is 0. The van der Waals surface area contributed by atoms with Crippen LogP contribution in [-0.2, 0) is 12.8 Å². The van der Waals surface area contributed by atoms with Gasteiger partial charge >= 0.3 is 0 Å². The molecule has 1 aliphatic rings. The zero-order valence-electron chi connectivity index (χ0n) is 11.9. The lowest BCUT2D eigenvalue weighted by Gasteiger charge is -2.12. The van der Waals surface area contributed by atoms with Crippen molar-refractivity contribution in [1.82, 2.24) is 0 Å². The van der Waals surface area contributed by atoms with E-state index >= 15 is 0 Å². The van der Waals surface area contributed by atoms with Gasteiger partial charge in [0.2, 0.25) is 0 Å². The number of anilines is 1. The summed E-state index contributed by atoms with van der Waals surface area (Å²) >= 11 is 3.64. The molecule has 0 aromatic heterocycles. The van der Waals surface area contributed by atoms with Crippen LogP contribution in [0.5, 0.6) is 0 Å². The molecule has 1 N–H and O–H groups in total. The van der Waals surface area contributed by atoms with Crippen LogP contribution in [0.2, 0.25) is 0 Å². The molecule has 108 valence electrons. The normalized spacial score (nSPS) is 12.6. The monoisotopic (exact) mass is 351 g/mol. The molecule has 1 aliphatic carbocycles. The lowest BCUT2D eigenvalue weighted by atomic mass is 10.0. The molecule has 0 aliphatic heterocycles. The Hall–Kier alpha value is -2.13. The van der Waals surface area contributed by atoms with E-state index in [9.17, 15) is 4.79 Å². The Balaban J connectivity index is 1.80. The molecule has 4 rings (SSSR count). The van der Waals surface area contributed by atoms with Crippen LogP contribution in [0.3, 0.4) is 0 Å². The molecular weight excluding hydrogens is 338 g/mol. The maximum absolute atomic E-state index is 12.4. The van der Waals surface area contributed by atoms with Crippen molar-refractivity contribution in [1.29, 1.82) is 0 Å². The molecule has 0 unspecified atom stereocenters. The molecule has 3 aromatic carbocycles. The molecule has 1 amide bonds. The second-order valence-electron chi connectivity index (χ2n) is 5.54. The fourth-order valence-electron chi connectivity index (χ4n) is 3.20. The second kappa shape index (κ2) is 5.25. The van der Waals surface area contributed by atoms with Crippen molar-refractivity contribution in [2.75, 3.05) is 5.32 Å². The van der Waals surface area contributed by atoms with Gasteiger partial charge in [-0.25, -0.2) is 0 Å². The Labute approximate surface area is 137 Å². The number of benzene rings is 3. The molecule has 0 spiro atoms. The van der Waals surface area contributed by atoms with E-state index in [4.69, 9.17) is 0 Å². The van der Waals surface area contributed by atoms with Crippen molar-refractivity contribution in [2.45, 2.75) is 12.8 Å². The number of halogens is 1. The minimum atomic E-state index is -0.0625. The van der Waals surface area contributed by atoms with Gasteiger partial charge in [-0.1, -0.05) is 52.3 Å². The number of rotatable bonds is 2. The van der Waals surface area contributed by atoms with Crippen molar-refractivity contribution in [3.8, 4) is 0 Å². The molecule has 2 nitrogen and oxygen atoms in total. The average Bonchev–Trinajstić information content (AvgIpc) is 2.98. The van der Waals surface area contributed by atoms with Crippen LogP contribution in [-0.4, -0.2) is 5.91 Å². The molecular formula is C19H14BrNO. The predicted molar refractivity (Wildman–Crippen MR) is 93.5 cm³/mol. The van der Waals surface area contributed by atoms with Crippen LogP contribution in [0.25, 0.3) is 10.8 Å². The third-order valence-electron chi connectivity index (χ3n) is 4.23. The molecule has 0 bridgehead atoms. The SMILES string of the molecule is O=C(Nc1cc(Br)c2cccc3c2c1CC3)c1ccccc1. The van der Waals surface area contributed by atoms with Crippen molar-refractivity contribution >= 4 is 38.3 Å². The number of carbonyl (C=O) groups excluding carboxylic acids is 1. The number of hydrogen-bond acceptors (Lipinski definition) is 1. The maximum atomic E-state index is 12.4. The lowest BCUT2D eigenvalue weighted by molar-refractivity contribution is 0.102. The average molecular weight is 352 g/mol. The zero-order chi connectivity index (χ0) is 15.1. The van der Waals surface area contributed by atoms with Crippen LogP contribution >= 0.6 is 15.9 Å². The molecule has 3 aromatic rings. The van der Waals surface area contributed by atoms with Gasteiger partial charge < -0.3 is 5.32 Å². The number of amides is 1. The van der Waals surface area contributed by atoms with E-state index in [2.05, 4.69) is 39.4 Å². The molecule has 0 fully saturated rings. The molecule has 0 saturated heterocycles. The predicted octanol–water partition coefficient (Wildman–Crippen LogP) is 4.95. The van der Waals surface area contributed by atoms with Crippen molar-refractivity contribution in [3.63, 3.8) is 0 Å². The highest BCUT2D eigenvalue weighted by Gasteiger charge is 2.20. The Morgan fingerprint density at radius 2 is 1.82 bits per heavy atom. The Morgan fingerprint density at radius 1 is 1.00 bits per heavy atom. The molecule has 0 heterocycles. The van der Waals surface area contributed by atoms with E-state index in [-0.39, 0.29) is 5.91 Å². The fourth-order valence-corrected chi connectivity index (χ4v) is 3.76. The first-order valence-corrected chi connectivity index (χ1v) is 8.13. The van der Waals surface area contributed by atoms with Crippen LogP contribution in [0, 0.1) is 0 Å². The van der Waals surface area contributed by atoms with Crippen LogP contribution in [0.4, 0.5) is 5.69 Å². The van der Waals surface area contributed by atoms with Gasteiger partial charge in [0.1, 0.15) is 0 Å². The van der Waals surface area contributed by atoms with Crippen LogP contribution in [0.15, 0.2) is 59.1 Å². The summed E-state index contributed by atoms with van der Waals surface area (Å²) in [5.74, 6) is -0.0625. The number of hydrogen-bond donors (Lipinski definition) is 1. The highest BCUT2D eigenvalue weighted by molar-refractivity contribution is 9.10. The summed E-state index contributed by atoms with van der Waals surface area (Å²) in [5.41, 5.74) is 4.21. The lowest BCUT2D eigenvalue weighted by Crippen LogP contribution is -2.13. The van der Waals surface area contributed by atoms with E-state index < -0.39 is 0 Å².